The first-order chi connectivity index (χ1) is 14.5. The molecule has 0 bridgehead atoms. The highest BCUT2D eigenvalue weighted by molar-refractivity contribution is 7.99. The molecule has 1 amide bonds. The third-order valence-electron chi connectivity index (χ3n) is 4.90. The average Bonchev–Trinajstić information content (AvgIpc) is 3.28. The monoisotopic (exact) mass is 429 g/mol. The summed E-state index contributed by atoms with van der Waals surface area (Å²) in [7, 11) is 0. The molecule has 9 heteroatoms. The molecule has 1 aliphatic heterocycles. The van der Waals surface area contributed by atoms with E-state index in [2.05, 4.69) is 14.9 Å². The Balaban J connectivity index is 1.47. The number of benzene rings is 1. The molecule has 1 fully saturated rings. The number of hydrogen-bond donors (Lipinski definition) is 0. The number of hydrogen-bond acceptors (Lipinski definition) is 5. The predicted octanol–water partition coefficient (Wildman–Crippen LogP) is 3.85. The summed E-state index contributed by atoms with van der Waals surface area (Å²) in [5.41, 5.74) is 0.323. The maximum Gasteiger partial charge on any atom is 0.288 e. The van der Waals surface area contributed by atoms with Gasteiger partial charge in [-0.05, 0) is 31.2 Å². The lowest BCUT2D eigenvalue weighted by molar-refractivity contribution is 0.0743. The van der Waals surface area contributed by atoms with Gasteiger partial charge in [-0.2, -0.15) is 8.78 Å². The molecule has 0 unspecified atom stereocenters. The second-order valence-corrected chi connectivity index (χ2v) is 7.91. The van der Waals surface area contributed by atoms with Crippen molar-refractivity contribution < 1.29 is 13.6 Å². The van der Waals surface area contributed by atoms with Gasteiger partial charge in [0.25, 0.3) is 11.7 Å². The standard InChI is InChI=1S/C21H21F2N5OS/c1-15-24-18(26-8-4-5-9-26)14-19(25-15)27-10-12-28(13-11-27)20(29)16-6-2-3-7-17(16)30-21(22)23/h2-9,14,21H,10-13H2,1H3. The van der Waals surface area contributed by atoms with E-state index in [0.29, 0.717) is 54.2 Å². The first kappa shape index (κ1) is 20.3. The van der Waals surface area contributed by atoms with Crippen molar-refractivity contribution in [3.05, 3.63) is 66.2 Å². The van der Waals surface area contributed by atoms with Gasteiger partial charge in [0.15, 0.2) is 0 Å². The molecule has 0 spiro atoms. The van der Waals surface area contributed by atoms with Crippen LogP contribution < -0.4 is 4.90 Å². The lowest BCUT2D eigenvalue weighted by Crippen LogP contribution is -2.49. The van der Waals surface area contributed by atoms with Crippen molar-refractivity contribution in [2.45, 2.75) is 17.6 Å². The van der Waals surface area contributed by atoms with Crippen molar-refractivity contribution in [2.24, 2.45) is 0 Å². The first-order valence-corrected chi connectivity index (χ1v) is 10.5. The van der Waals surface area contributed by atoms with Crippen LogP contribution in [-0.4, -0.2) is 57.3 Å². The smallest absolute Gasteiger partial charge is 0.288 e. The number of amides is 1. The average molecular weight is 429 g/mol. The Morgan fingerprint density at radius 1 is 1.00 bits per heavy atom. The number of carbonyl (C=O) groups is 1. The summed E-state index contributed by atoms with van der Waals surface area (Å²) < 4.78 is 27.6. The van der Waals surface area contributed by atoms with Gasteiger partial charge < -0.3 is 14.4 Å². The van der Waals surface area contributed by atoms with E-state index in [9.17, 15) is 13.6 Å². The molecular formula is C21H21F2N5OS. The summed E-state index contributed by atoms with van der Waals surface area (Å²) in [6.07, 6.45) is 3.86. The molecule has 3 aromatic rings. The molecule has 0 atom stereocenters. The number of anilines is 1. The lowest BCUT2D eigenvalue weighted by atomic mass is 10.2. The van der Waals surface area contributed by atoms with Gasteiger partial charge in [0, 0.05) is 49.5 Å². The zero-order chi connectivity index (χ0) is 21.1. The molecule has 1 aliphatic rings. The fourth-order valence-corrected chi connectivity index (χ4v) is 4.10. The Labute approximate surface area is 177 Å². The molecule has 0 aliphatic carbocycles. The largest absolute Gasteiger partial charge is 0.353 e. The van der Waals surface area contributed by atoms with Gasteiger partial charge in [-0.3, -0.25) is 4.79 Å². The molecule has 1 aromatic carbocycles. The number of alkyl halides is 2. The van der Waals surface area contributed by atoms with Crippen molar-refractivity contribution in [2.75, 3.05) is 31.1 Å². The number of halogens is 2. The maximum atomic E-state index is 12.9. The van der Waals surface area contributed by atoms with Crippen LogP contribution in [0.4, 0.5) is 14.6 Å². The molecule has 0 radical (unpaired) electrons. The van der Waals surface area contributed by atoms with E-state index in [1.54, 1.807) is 29.2 Å². The van der Waals surface area contributed by atoms with Crippen LogP contribution in [0.25, 0.3) is 5.82 Å². The van der Waals surface area contributed by atoms with Crippen molar-refractivity contribution in [1.29, 1.82) is 0 Å². The van der Waals surface area contributed by atoms with Gasteiger partial charge in [-0.25, -0.2) is 9.97 Å². The highest BCUT2D eigenvalue weighted by Crippen LogP contribution is 2.29. The van der Waals surface area contributed by atoms with Crippen molar-refractivity contribution in [3.63, 3.8) is 0 Å². The van der Waals surface area contributed by atoms with Crippen LogP contribution in [0.5, 0.6) is 0 Å². The molecule has 30 heavy (non-hydrogen) atoms. The number of carbonyl (C=O) groups excluding carboxylic acids is 1. The Morgan fingerprint density at radius 3 is 2.37 bits per heavy atom. The molecular weight excluding hydrogens is 408 g/mol. The first-order valence-electron chi connectivity index (χ1n) is 9.58. The quantitative estimate of drug-likeness (QED) is 0.577. The molecule has 2 aromatic heterocycles. The molecule has 1 saturated heterocycles. The van der Waals surface area contributed by atoms with Gasteiger partial charge in [-0.15, -0.1) is 0 Å². The Hall–Kier alpha value is -2.94. The summed E-state index contributed by atoms with van der Waals surface area (Å²) in [5.74, 6) is -0.504. The van der Waals surface area contributed by atoms with E-state index < -0.39 is 5.76 Å². The Bertz CT molecular complexity index is 1020. The fraction of sp³-hybridized carbons (Fsp3) is 0.286. The van der Waals surface area contributed by atoms with E-state index >= 15 is 0 Å². The van der Waals surface area contributed by atoms with Gasteiger partial charge in [0.2, 0.25) is 0 Å². The topological polar surface area (TPSA) is 54.3 Å². The summed E-state index contributed by atoms with van der Waals surface area (Å²) in [6, 6.07) is 12.3. The van der Waals surface area contributed by atoms with Crippen LogP contribution in [0.1, 0.15) is 16.2 Å². The number of aryl methyl sites for hydroxylation is 1. The minimum absolute atomic E-state index is 0.217. The zero-order valence-corrected chi connectivity index (χ0v) is 17.2. The van der Waals surface area contributed by atoms with Gasteiger partial charge in [0.05, 0.1) is 5.56 Å². The number of rotatable bonds is 5. The summed E-state index contributed by atoms with van der Waals surface area (Å²) in [5, 5.41) is 0. The molecule has 4 rings (SSSR count). The normalized spacial score (nSPS) is 14.4. The maximum absolute atomic E-state index is 12.9. The lowest BCUT2D eigenvalue weighted by Gasteiger charge is -2.35. The van der Waals surface area contributed by atoms with Gasteiger partial charge >= 0.3 is 0 Å². The summed E-state index contributed by atoms with van der Waals surface area (Å²) in [4.78, 5) is 26.1. The Kier molecular flexibility index (Phi) is 5.98. The zero-order valence-electron chi connectivity index (χ0n) is 16.4. The molecule has 0 N–H and O–H groups in total. The van der Waals surface area contributed by atoms with Crippen LogP contribution >= 0.6 is 11.8 Å². The number of nitrogens with zero attached hydrogens (tertiary/aromatic N) is 5. The van der Waals surface area contributed by atoms with Crippen LogP contribution in [-0.2, 0) is 0 Å². The third kappa shape index (κ3) is 4.46. The number of thioether (sulfide) groups is 1. The minimum atomic E-state index is -2.56. The van der Waals surface area contributed by atoms with E-state index in [-0.39, 0.29) is 5.91 Å². The van der Waals surface area contributed by atoms with Crippen LogP contribution in [0.2, 0.25) is 0 Å². The second kappa shape index (κ2) is 8.83. The van der Waals surface area contributed by atoms with Crippen molar-refractivity contribution in [1.82, 2.24) is 19.4 Å². The summed E-state index contributed by atoms with van der Waals surface area (Å²) in [6.45, 7) is 4.06. The van der Waals surface area contributed by atoms with E-state index in [4.69, 9.17) is 0 Å². The highest BCUT2D eigenvalue weighted by Gasteiger charge is 2.25. The minimum Gasteiger partial charge on any atom is -0.353 e. The second-order valence-electron chi connectivity index (χ2n) is 6.88. The van der Waals surface area contributed by atoms with Crippen molar-refractivity contribution >= 4 is 23.5 Å². The van der Waals surface area contributed by atoms with E-state index in [1.165, 1.54) is 0 Å². The Morgan fingerprint density at radius 2 is 1.67 bits per heavy atom. The van der Waals surface area contributed by atoms with Crippen molar-refractivity contribution in [3.8, 4) is 5.82 Å². The highest BCUT2D eigenvalue weighted by atomic mass is 32.2. The van der Waals surface area contributed by atoms with Crippen LogP contribution in [0.3, 0.4) is 0 Å². The number of aromatic nitrogens is 3. The van der Waals surface area contributed by atoms with E-state index in [1.807, 2.05) is 42.1 Å². The molecule has 156 valence electrons. The van der Waals surface area contributed by atoms with Gasteiger partial charge in [-0.1, -0.05) is 23.9 Å². The van der Waals surface area contributed by atoms with E-state index in [0.717, 1.165) is 11.6 Å². The predicted molar refractivity (Wildman–Crippen MR) is 113 cm³/mol. The van der Waals surface area contributed by atoms with Gasteiger partial charge in [0.1, 0.15) is 17.5 Å². The van der Waals surface area contributed by atoms with Crippen LogP contribution in [0, 0.1) is 6.92 Å². The number of piperazine rings is 1. The molecule has 3 heterocycles. The summed E-state index contributed by atoms with van der Waals surface area (Å²) >= 11 is 0.406. The SMILES string of the molecule is Cc1nc(N2CCN(C(=O)c3ccccc3SC(F)F)CC2)cc(-n2cccc2)n1. The molecule has 6 nitrogen and oxygen atoms in total. The van der Waals surface area contributed by atoms with Crippen LogP contribution in [0.15, 0.2) is 59.8 Å². The molecule has 0 saturated carbocycles. The third-order valence-corrected chi connectivity index (χ3v) is 5.69. The fourth-order valence-electron chi connectivity index (χ4n) is 3.47.